The van der Waals surface area contributed by atoms with Gasteiger partial charge in [0.2, 0.25) is 0 Å². The maximum absolute atomic E-state index is 10.9. The number of carbonyl (C=O) groups is 1. The van der Waals surface area contributed by atoms with Crippen molar-refractivity contribution in [2.24, 2.45) is 0 Å². The topological polar surface area (TPSA) is 30.0 Å². The Kier molecular flexibility index (Phi) is 3.29. The molecule has 1 aromatic rings. The van der Waals surface area contributed by atoms with Gasteiger partial charge < -0.3 is 0 Å². The van der Waals surface area contributed by atoms with E-state index in [9.17, 15) is 4.79 Å². The molecule has 0 saturated carbocycles. The monoisotopic (exact) mass is 181 g/mol. The fourth-order valence-electron chi connectivity index (χ4n) is 0.704. The second-order valence-corrected chi connectivity index (χ2v) is 3.97. The minimum atomic E-state index is 0.0346. The average Bonchev–Trinajstić information content (AvgIpc) is 2.06. The van der Waals surface area contributed by atoms with Crippen molar-refractivity contribution in [1.29, 1.82) is 0 Å². The van der Waals surface area contributed by atoms with Crippen LogP contribution < -0.4 is 0 Å². The van der Waals surface area contributed by atoms with Crippen LogP contribution >= 0.6 is 11.8 Å². The van der Waals surface area contributed by atoms with Crippen LogP contribution in [-0.2, 0) is 4.79 Å². The van der Waals surface area contributed by atoms with E-state index in [2.05, 4.69) is 4.98 Å². The first-order valence-corrected chi connectivity index (χ1v) is 4.65. The Morgan fingerprint density at radius 2 is 2.08 bits per heavy atom. The summed E-state index contributed by atoms with van der Waals surface area (Å²) in [6.45, 7) is 3.52. The fraction of sp³-hybridized carbons (Fsp3) is 0.333. The zero-order valence-corrected chi connectivity index (χ0v) is 7.97. The lowest BCUT2D eigenvalue weighted by molar-refractivity contribution is -0.116. The molecule has 0 aromatic carbocycles. The molecule has 0 amide bonds. The molecule has 1 rings (SSSR count). The number of hydrogen-bond donors (Lipinski definition) is 0. The zero-order valence-electron chi connectivity index (χ0n) is 7.15. The number of nitrogens with zero attached hydrogens (tertiary/aromatic N) is 1. The highest BCUT2D eigenvalue weighted by atomic mass is 32.2. The van der Waals surface area contributed by atoms with E-state index >= 15 is 0 Å². The first-order chi connectivity index (χ1) is 5.70. The Balaban J connectivity index is 2.58. The summed E-state index contributed by atoms with van der Waals surface area (Å²) in [5, 5.41) is 0.0346. The summed E-state index contributed by atoms with van der Waals surface area (Å²) < 4.78 is 0. The van der Waals surface area contributed by atoms with Crippen LogP contribution in [0.5, 0.6) is 0 Å². The summed E-state index contributed by atoms with van der Waals surface area (Å²) >= 11 is 1.56. The van der Waals surface area contributed by atoms with Crippen molar-refractivity contribution >= 4 is 17.5 Å². The number of aromatic nitrogens is 1. The molecule has 0 saturated heterocycles. The Labute approximate surface area is 76.4 Å². The summed E-state index contributed by atoms with van der Waals surface area (Å²) in [7, 11) is 0. The number of thioether (sulfide) groups is 1. The normalized spacial score (nSPS) is 12.5. The molecule has 0 fully saturated rings. The molecule has 0 spiro atoms. The predicted molar refractivity (Wildman–Crippen MR) is 50.2 cm³/mol. The third kappa shape index (κ3) is 2.66. The molecule has 64 valence electrons. The van der Waals surface area contributed by atoms with Crippen LogP contribution in [0.2, 0.25) is 0 Å². The summed E-state index contributed by atoms with van der Waals surface area (Å²) in [6, 6.07) is 3.81. The second kappa shape index (κ2) is 4.26. The molecule has 0 aliphatic carbocycles. The molecule has 12 heavy (non-hydrogen) atoms. The smallest absolute Gasteiger partial charge is 0.142 e. The van der Waals surface area contributed by atoms with Crippen LogP contribution in [-0.4, -0.2) is 16.0 Å². The van der Waals surface area contributed by atoms with E-state index in [-0.39, 0.29) is 11.0 Å². The first kappa shape index (κ1) is 9.26. The zero-order chi connectivity index (χ0) is 8.97. The van der Waals surface area contributed by atoms with Gasteiger partial charge in [-0.1, -0.05) is 0 Å². The van der Waals surface area contributed by atoms with E-state index in [0.29, 0.717) is 0 Å². The predicted octanol–water partition coefficient (Wildman–Crippen LogP) is 2.15. The molecule has 1 unspecified atom stereocenters. The Hall–Kier alpha value is -0.830. The minimum absolute atomic E-state index is 0.0346. The molecule has 0 N–H and O–H groups in total. The summed E-state index contributed by atoms with van der Waals surface area (Å²) in [5.41, 5.74) is 0. The number of pyridine rings is 1. The lowest BCUT2D eigenvalue weighted by Gasteiger charge is -2.05. The van der Waals surface area contributed by atoms with Crippen molar-refractivity contribution in [3.05, 3.63) is 24.5 Å². The highest BCUT2D eigenvalue weighted by molar-refractivity contribution is 8.00. The van der Waals surface area contributed by atoms with Gasteiger partial charge in [0.05, 0.1) is 5.25 Å². The lowest BCUT2D eigenvalue weighted by Crippen LogP contribution is -2.07. The molecule has 0 bridgehead atoms. The van der Waals surface area contributed by atoms with Gasteiger partial charge in [-0.15, -0.1) is 11.8 Å². The average molecular weight is 181 g/mol. The number of ketones is 1. The van der Waals surface area contributed by atoms with Crippen LogP contribution in [0.15, 0.2) is 29.4 Å². The Bertz CT molecular complexity index is 260. The minimum Gasteiger partial charge on any atom is -0.299 e. The number of Topliss-reactive ketones (excluding diaryl/α,β-unsaturated/α-hetero) is 1. The van der Waals surface area contributed by atoms with Crippen LogP contribution in [0.25, 0.3) is 0 Å². The largest absolute Gasteiger partial charge is 0.299 e. The van der Waals surface area contributed by atoms with Gasteiger partial charge in [-0.3, -0.25) is 9.78 Å². The van der Waals surface area contributed by atoms with Crippen LogP contribution in [0.4, 0.5) is 0 Å². The molecular weight excluding hydrogens is 170 g/mol. The van der Waals surface area contributed by atoms with Gasteiger partial charge in [0.1, 0.15) is 5.78 Å². The Morgan fingerprint density at radius 3 is 2.58 bits per heavy atom. The molecule has 1 heterocycles. The van der Waals surface area contributed by atoms with Gasteiger partial charge in [-0.2, -0.15) is 0 Å². The molecule has 1 atom stereocenters. The number of hydrogen-bond acceptors (Lipinski definition) is 3. The summed E-state index contributed by atoms with van der Waals surface area (Å²) in [4.78, 5) is 15.9. The Morgan fingerprint density at radius 1 is 1.50 bits per heavy atom. The molecule has 1 aromatic heterocycles. The van der Waals surface area contributed by atoms with Crippen molar-refractivity contribution in [2.75, 3.05) is 0 Å². The maximum atomic E-state index is 10.9. The standard InChI is InChI=1S/C9H11NOS/c1-7(11)8(2)12-9-3-5-10-6-4-9/h3-6,8H,1-2H3. The maximum Gasteiger partial charge on any atom is 0.142 e. The molecule has 0 aliphatic heterocycles. The quantitative estimate of drug-likeness (QED) is 0.669. The SMILES string of the molecule is CC(=O)C(C)Sc1ccncc1. The van der Waals surface area contributed by atoms with Crippen molar-refractivity contribution in [2.45, 2.75) is 24.0 Å². The molecule has 0 aliphatic rings. The fourth-order valence-corrected chi connectivity index (χ4v) is 1.56. The van der Waals surface area contributed by atoms with Gasteiger partial charge in [0, 0.05) is 17.3 Å². The third-order valence-electron chi connectivity index (χ3n) is 1.54. The molecular formula is C9H11NOS. The van der Waals surface area contributed by atoms with Crippen molar-refractivity contribution < 1.29 is 4.79 Å². The van der Waals surface area contributed by atoms with Gasteiger partial charge in [-0.25, -0.2) is 0 Å². The molecule has 3 heteroatoms. The van der Waals surface area contributed by atoms with E-state index in [4.69, 9.17) is 0 Å². The molecule has 2 nitrogen and oxygen atoms in total. The van der Waals surface area contributed by atoms with Gasteiger partial charge in [0.25, 0.3) is 0 Å². The highest BCUT2D eigenvalue weighted by Crippen LogP contribution is 2.22. The molecule has 0 radical (unpaired) electrons. The van der Waals surface area contributed by atoms with Gasteiger partial charge in [0.15, 0.2) is 0 Å². The van der Waals surface area contributed by atoms with Crippen LogP contribution in [0.3, 0.4) is 0 Å². The van der Waals surface area contributed by atoms with Gasteiger partial charge in [-0.05, 0) is 26.0 Å². The van der Waals surface area contributed by atoms with E-state index in [1.165, 1.54) is 0 Å². The second-order valence-electron chi connectivity index (χ2n) is 2.55. The van der Waals surface area contributed by atoms with Crippen LogP contribution in [0.1, 0.15) is 13.8 Å². The number of rotatable bonds is 3. The van der Waals surface area contributed by atoms with E-state index in [1.807, 2.05) is 19.1 Å². The van der Waals surface area contributed by atoms with E-state index in [1.54, 1.807) is 31.1 Å². The van der Waals surface area contributed by atoms with Crippen LogP contribution in [0, 0.1) is 0 Å². The van der Waals surface area contributed by atoms with E-state index in [0.717, 1.165) is 4.90 Å². The summed E-state index contributed by atoms with van der Waals surface area (Å²) in [6.07, 6.45) is 3.46. The van der Waals surface area contributed by atoms with E-state index < -0.39 is 0 Å². The number of carbonyl (C=O) groups excluding carboxylic acids is 1. The van der Waals surface area contributed by atoms with Crippen molar-refractivity contribution in [3.63, 3.8) is 0 Å². The lowest BCUT2D eigenvalue weighted by atomic mass is 10.3. The highest BCUT2D eigenvalue weighted by Gasteiger charge is 2.08. The third-order valence-corrected chi connectivity index (χ3v) is 2.76. The van der Waals surface area contributed by atoms with Gasteiger partial charge >= 0.3 is 0 Å². The first-order valence-electron chi connectivity index (χ1n) is 3.77. The summed E-state index contributed by atoms with van der Waals surface area (Å²) in [5.74, 6) is 0.205. The van der Waals surface area contributed by atoms with Crippen molar-refractivity contribution in [1.82, 2.24) is 4.98 Å². The van der Waals surface area contributed by atoms with Crippen molar-refractivity contribution in [3.8, 4) is 0 Å².